The van der Waals surface area contributed by atoms with Crippen molar-refractivity contribution in [1.82, 2.24) is 10.2 Å². The molecular formula is C24H24Cl2N2O3. The predicted molar refractivity (Wildman–Crippen MR) is 120 cm³/mol. The number of nitrogens with one attached hydrogen (secondary N) is 1. The number of halogens is 2. The van der Waals surface area contributed by atoms with E-state index in [1.165, 1.54) is 5.56 Å². The molecule has 0 radical (unpaired) electrons. The zero-order valence-corrected chi connectivity index (χ0v) is 18.6. The number of Topliss-reactive ketones (excluding diaryl/α,β-unsaturated/α-hetero) is 1. The van der Waals surface area contributed by atoms with Crippen molar-refractivity contribution >= 4 is 40.8 Å². The van der Waals surface area contributed by atoms with E-state index in [0.29, 0.717) is 23.0 Å². The molecule has 0 saturated carbocycles. The molecule has 162 valence electrons. The monoisotopic (exact) mass is 458 g/mol. The first-order valence-electron chi connectivity index (χ1n) is 10.6. The number of amides is 2. The summed E-state index contributed by atoms with van der Waals surface area (Å²) in [6, 6.07) is 13.4. The summed E-state index contributed by atoms with van der Waals surface area (Å²) in [6.45, 7) is 0.568. The molecule has 1 heterocycles. The van der Waals surface area contributed by atoms with Crippen molar-refractivity contribution in [2.45, 2.75) is 38.1 Å². The fourth-order valence-electron chi connectivity index (χ4n) is 4.50. The molecule has 2 aromatic rings. The summed E-state index contributed by atoms with van der Waals surface area (Å²) in [7, 11) is 0. The standard InChI is InChI=1S/C24H24Cl2N2O3/c25-19-11-10-15(13-20(19)26)5-4-12-27-23(30)18-14-28(24(31)22(18)29)21-9-3-7-16-6-1-2-8-17(16)21/h1-2,6,8,10-11,13,18,21H,3-5,7,9,12,14H2,(H,27,30). The minimum absolute atomic E-state index is 0.131. The number of fused-ring (bicyclic) bond motifs is 1. The van der Waals surface area contributed by atoms with Gasteiger partial charge in [0, 0.05) is 13.1 Å². The van der Waals surface area contributed by atoms with Crippen LogP contribution in [-0.4, -0.2) is 35.6 Å². The van der Waals surface area contributed by atoms with Gasteiger partial charge in [-0.25, -0.2) is 0 Å². The molecule has 1 fully saturated rings. The average molecular weight is 459 g/mol. The molecule has 4 rings (SSSR count). The molecule has 5 nitrogen and oxygen atoms in total. The number of likely N-dealkylation sites (tertiary alicyclic amines) is 1. The smallest absolute Gasteiger partial charge is 0.291 e. The molecule has 1 aliphatic carbocycles. The summed E-state index contributed by atoms with van der Waals surface area (Å²) in [5, 5.41) is 3.83. The summed E-state index contributed by atoms with van der Waals surface area (Å²) in [4.78, 5) is 39.5. The minimum Gasteiger partial charge on any atom is -0.355 e. The van der Waals surface area contributed by atoms with Crippen LogP contribution in [0.5, 0.6) is 0 Å². The molecule has 7 heteroatoms. The number of ketones is 1. The Kier molecular flexibility index (Phi) is 6.63. The van der Waals surface area contributed by atoms with Gasteiger partial charge >= 0.3 is 0 Å². The number of carbonyl (C=O) groups is 3. The Morgan fingerprint density at radius 3 is 2.71 bits per heavy atom. The van der Waals surface area contributed by atoms with Crippen molar-refractivity contribution in [1.29, 1.82) is 0 Å². The van der Waals surface area contributed by atoms with E-state index in [0.717, 1.165) is 36.8 Å². The molecule has 1 saturated heterocycles. The largest absolute Gasteiger partial charge is 0.355 e. The van der Waals surface area contributed by atoms with Crippen LogP contribution < -0.4 is 5.32 Å². The molecule has 31 heavy (non-hydrogen) atoms. The Bertz CT molecular complexity index is 1020. The van der Waals surface area contributed by atoms with Crippen molar-refractivity contribution in [3.05, 3.63) is 69.2 Å². The number of carbonyl (C=O) groups excluding carboxylic acids is 3. The van der Waals surface area contributed by atoms with E-state index in [4.69, 9.17) is 23.2 Å². The van der Waals surface area contributed by atoms with Crippen molar-refractivity contribution < 1.29 is 14.4 Å². The topological polar surface area (TPSA) is 66.5 Å². The Hall–Kier alpha value is -2.37. The number of nitrogens with zero attached hydrogens (tertiary/aromatic N) is 1. The maximum Gasteiger partial charge on any atom is 0.291 e. The van der Waals surface area contributed by atoms with Crippen LogP contribution in [0.1, 0.15) is 42.0 Å². The van der Waals surface area contributed by atoms with Crippen molar-refractivity contribution in [3.63, 3.8) is 0 Å². The molecule has 2 aliphatic rings. The molecule has 0 spiro atoms. The van der Waals surface area contributed by atoms with Gasteiger partial charge in [0.1, 0.15) is 5.92 Å². The van der Waals surface area contributed by atoms with Gasteiger partial charge < -0.3 is 10.2 Å². The van der Waals surface area contributed by atoms with E-state index in [1.54, 1.807) is 11.0 Å². The minimum atomic E-state index is -0.938. The second-order valence-corrected chi connectivity index (χ2v) is 8.94. The van der Waals surface area contributed by atoms with E-state index >= 15 is 0 Å². The van der Waals surface area contributed by atoms with Gasteiger partial charge in [-0.1, -0.05) is 53.5 Å². The molecule has 2 amide bonds. The molecule has 2 aromatic carbocycles. The third-order valence-corrected chi connectivity index (χ3v) is 6.86. The second-order valence-electron chi connectivity index (χ2n) is 8.12. The van der Waals surface area contributed by atoms with Gasteiger partial charge in [0.25, 0.3) is 5.91 Å². The Balaban J connectivity index is 1.34. The third kappa shape index (κ3) is 4.63. The number of hydrogen-bond acceptors (Lipinski definition) is 3. The van der Waals surface area contributed by atoms with Gasteiger partial charge in [-0.3, -0.25) is 14.4 Å². The molecule has 0 aromatic heterocycles. The lowest BCUT2D eigenvalue weighted by Gasteiger charge is -2.32. The zero-order chi connectivity index (χ0) is 22.0. The average Bonchev–Trinajstić information content (AvgIpc) is 3.07. The van der Waals surface area contributed by atoms with E-state index < -0.39 is 17.6 Å². The van der Waals surface area contributed by atoms with Crippen molar-refractivity contribution in [2.24, 2.45) is 5.92 Å². The fourth-order valence-corrected chi connectivity index (χ4v) is 4.82. The van der Waals surface area contributed by atoms with Crippen LogP contribution in [0.25, 0.3) is 0 Å². The van der Waals surface area contributed by atoms with E-state index in [9.17, 15) is 14.4 Å². The Morgan fingerprint density at radius 2 is 1.90 bits per heavy atom. The van der Waals surface area contributed by atoms with Crippen LogP contribution in [0.4, 0.5) is 0 Å². The number of benzene rings is 2. The van der Waals surface area contributed by atoms with Crippen LogP contribution in [0.15, 0.2) is 42.5 Å². The van der Waals surface area contributed by atoms with Crippen LogP contribution in [0.2, 0.25) is 10.0 Å². The molecule has 2 atom stereocenters. The van der Waals surface area contributed by atoms with Gasteiger partial charge in [0.2, 0.25) is 11.7 Å². The van der Waals surface area contributed by atoms with E-state index in [-0.39, 0.29) is 18.5 Å². The molecule has 0 bridgehead atoms. The molecule has 1 N–H and O–H groups in total. The van der Waals surface area contributed by atoms with Crippen LogP contribution >= 0.6 is 23.2 Å². The van der Waals surface area contributed by atoms with Gasteiger partial charge in [-0.05, 0) is 60.9 Å². The quantitative estimate of drug-likeness (QED) is 0.401. The van der Waals surface area contributed by atoms with E-state index in [2.05, 4.69) is 11.4 Å². The number of rotatable bonds is 6. The maximum absolute atomic E-state index is 12.7. The predicted octanol–water partition coefficient (Wildman–Crippen LogP) is 4.15. The lowest BCUT2D eigenvalue weighted by molar-refractivity contribution is -0.143. The normalized spacial score (nSPS) is 20.6. The summed E-state index contributed by atoms with van der Waals surface area (Å²) in [5.74, 6) is -2.46. The van der Waals surface area contributed by atoms with Crippen LogP contribution in [0, 0.1) is 5.92 Å². The van der Waals surface area contributed by atoms with Crippen LogP contribution in [-0.2, 0) is 27.2 Å². The van der Waals surface area contributed by atoms with Crippen molar-refractivity contribution in [2.75, 3.05) is 13.1 Å². The Labute approximate surface area is 191 Å². The molecule has 1 aliphatic heterocycles. The summed E-state index contributed by atoms with van der Waals surface area (Å²) in [6.07, 6.45) is 4.17. The highest BCUT2D eigenvalue weighted by molar-refractivity contribution is 6.42. The number of aryl methyl sites for hydroxylation is 2. The summed E-state index contributed by atoms with van der Waals surface area (Å²) < 4.78 is 0. The highest BCUT2D eigenvalue weighted by Gasteiger charge is 2.46. The summed E-state index contributed by atoms with van der Waals surface area (Å²) in [5.41, 5.74) is 3.34. The SMILES string of the molecule is O=C(NCCCc1ccc(Cl)c(Cl)c1)C1CN(C2CCCc3ccccc32)C(=O)C1=O. The lowest BCUT2D eigenvalue weighted by atomic mass is 9.87. The fraction of sp³-hybridized carbons (Fsp3) is 0.375. The van der Waals surface area contributed by atoms with E-state index in [1.807, 2.05) is 30.3 Å². The Morgan fingerprint density at radius 1 is 1.10 bits per heavy atom. The van der Waals surface area contributed by atoms with Gasteiger partial charge in [0.15, 0.2) is 0 Å². The molecular weight excluding hydrogens is 435 g/mol. The first-order chi connectivity index (χ1) is 15.0. The maximum atomic E-state index is 12.7. The van der Waals surface area contributed by atoms with Gasteiger partial charge in [-0.15, -0.1) is 0 Å². The number of hydrogen-bond donors (Lipinski definition) is 1. The highest BCUT2D eigenvalue weighted by Crippen LogP contribution is 2.36. The second kappa shape index (κ2) is 9.41. The lowest BCUT2D eigenvalue weighted by Crippen LogP contribution is -2.36. The highest BCUT2D eigenvalue weighted by atomic mass is 35.5. The van der Waals surface area contributed by atoms with Crippen LogP contribution in [0.3, 0.4) is 0 Å². The van der Waals surface area contributed by atoms with Gasteiger partial charge in [0.05, 0.1) is 16.1 Å². The first-order valence-corrected chi connectivity index (χ1v) is 11.4. The zero-order valence-electron chi connectivity index (χ0n) is 17.1. The van der Waals surface area contributed by atoms with Gasteiger partial charge in [-0.2, -0.15) is 0 Å². The molecule has 2 unspecified atom stereocenters. The summed E-state index contributed by atoms with van der Waals surface area (Å²) >= 11 is 12.0. The van der Waals surface area contributed by atoms with Crippen molar-refractivity contribution in [3.8, 4) is 0 Å². The first kappa shape index (κ1) is 21.8. The third-order valence-electron chi connectivity index (χ3n) is 6.12.